The van der Waals surface area contributed by atoms with Crippen LogP contribution in [0.4, 0.5) is 5.69 Å². The zero-order valence-electron chi connectivity index (χ0n) is 7.21. The fraction of sp³-hybridized carbons (Fsp3) is 0.125. The molecule has 0 aliphatic heterocycles. The fourth-order valence-corrected chi connectivity index (χ4v) is 1.47. The van der Waals surface area contributed by atoms with Crippen molar-refractivity contribution in [1.82, 2.24) is 0 Å². The number of hydrogen-bond donors (Lipinski definition) is 1. The molecule has 0 aromatic heterocycles. The third kappa shape index (κ3) is 2.74. The average molecular weight is 215 g/mol. The molecule has 0 saturated heterocycles. The Labute approximate surface area is 81.6 Å². The number of nitrogen functional groups attached to an aromatic ring is 1. The van der Waals surface area contributed by atoms with Crippen molar-refractivity contribution in [3.05, 3.63) is 24.3 Å². The summed E-state index contributed by atoms with van der Waals surface area (Å²) >= 11 is 0. The number of rotatable bonds is 4. The molecule has 0 fully saturated rings. The molecular weight excluding hydrogens is 206 g/mol. The van der Waals surface area contributed by atoms with Crippen molar-refractivity contribution in [1.29, 1.82) is 0 Å². The third-order valence-electron chi connectivity index (χ3n) is 1.41. The second kappa shape index (κ2) is 4.10. The molecule has 76 valence electrons. The van der Waals surface area contributed by atoms with Crippen molar-refractivity contribution >= 4 is 22.1 Å². The minimum atomic E-state index is -3.86. The second-order valence-electron chi connectivity index (χ2n) is 2.51. The van der Waals surface area contributed by atoms with Gasteiger partial charge in [-0.15, -0.1) is 0 Å². The van der Waals surface area contributed by atoms with Gasteiger partial charge in [0.15, 0.2) is 5.75 Å². The lowest BCUT2D eigenvalue weighted by molar-refractivity contribution is -0.105. The Bertz CT molecular complexity index is 427. The molecule has 5 nitrogen and oxygen atoms in total. The Morgan fingerprint density at radius 3 is 2.57 bits per heavy atom. The van der Waals surface area contributed by atoms with Gasteiger partial charge in [0.1, 0.15) is 12.0 Å². The first-order valence-corrected chi connectivity index (χ1v) is 5.33. The van der Waals surface area contributed by atoms with Crippen LogP contribution in [0.25, 0.3) is 0 Å². The van der Waals surface area contributed by atoms with Crippen LogP contribution in [0.5, 0.6) is 5.75 Å². The van der Waals surface area contributed by atoms with Gasteiger partial charge in [0.25, 0.3) is 0 Å². The SMILES string of the molecule is Nc1ccccc1OS(=O)(=O)CC=O. The first-order chi connectivity index (χ1) is 6.55. The molecule has 0 spiro atoms. The van der Waals surface area contributed by atoms with E-state index in [9.17, 15) is 13.2 Å². The first kappa shape index (κ1) is 10.5. The van der Waals surface area contributed by atoms with Crippen LogP contribution in [0.15, 0.2) is 24.3 Å². The monoisotopic (exact) mass is 215 g/mol. The van der Waals surface area contributed by atoms with Gasteiger partial charge in [-0.25, -0.2) is 0 Å². The number of aldehydes is 1. The molecule has 6 heteroatoms. The number of benzene rings is 1. The molecule has 1 aromatic carbocycles. The highest BCUT2D eigenvalue weighted by Gasteiger charge is 2.13. The van der Waals surface area contributed by atoms with Crippen LogP contribution in [0, 0.1) is 0 Å². The maximum atomic E-state index is 11.0. The van der Waals surface area contributed by atoms with E-state index in [4.69, 9.17) is 5.73 Å². The van der Waals surface area contributed by atoms with Gasteiger partial charge in [0.05, 0.1) is 5.69 Å². The number of para-hydroxylation sites is 2. The maximum Gasteiger partial charge on any atom is 0.316 e. The van der Waals surface area contributed by atoms with E-state index >= 15 is 0 Å². The molecule has 0 amide bonds. The van der Waals surface area contributed by atoms with E-state index in [0.717, 1.165) is 0 Å². The van der Waals surface area contributed by atoms with Crippen LogP contribution >= 0.6 is 0 Å². The zero-order chi connectivity index (χ0) is 10.6. The zero-order valence-corrected chi connectivity index (χ0v) is 8.03. The van der Waals surface area contributed by atoms with Crippen molar-refractivity contribution < 1.29 is 17.4 Å². The Morgan fingerprint density at radius 2 is 2.00 bits per heavy atom. The molecule has 0 unspecified atom stereocenters. The highest BCUT2D eigenvalue weighted by Crippen LogP contribution is 2.21. The van der Waals surface area contributed by atoms with Gasteiger partial charge < -0.3 is 14.7 Å². The van der Waals surface area contributed by atoms with E-state index < -0.39 is 15.9 Å². The molecule has 0 atom stereocenters. The first-order valence-electron chi connectivity index (χ1n) is 3.75. The lowest BCUT2D eigenvalue weighted by Crippen LogP contribution is -2.15. The molecule has 1 rings (SSSR count). The van der Waals surface area contributed by atoms with Crippen molar-refractivity contribution in [3.63, 3.8) is 0 Å². The lowest BCUT2D eigenvalue weighted by Gasteiger charge is -2.05. The van der Waals surface area contributed by atoms with E-state index in [1.54, 1.807) is 12.1 Å². The summed E-state index contributed by atoms with van der Waals surface area (Å²) in [6.07, 6.45) is 0.258. The van der Waals surface area contributed by atoms with Crippen LogP contribution in [0.3, 0.4) is 0 Å². The van der Waals surface area contributed by atoms with E-state index in [1.807, 2.05) is 0 Å². The Balaban J connectivity index is 2.89. The molecule has 0 heterocycles. The summed E-state index contributed by atoms with van der Waals surface area (Å²) in [5, 5.41) is 0. The van der Waals surface area contributed by atoms with Gasteiger partial charge >= 0.3 is 10.1 Å². The molecule has 0 saturated carbocycles. The van der Waals surface area contributed by atoms with Gasteiger partial charge in [0, 0.05) is 0 Å². The van der Waals surface area contributed by atoms with E-state index in [-0.39, 0.29) is 17.7 Å². The summed E-state index contributed by atoms with van der Waals surface area (Å²) in [5.41, 5.74) is 5.66. The van der Waals surface area contributed by atoms with Gasteiger partial charge in [-0.3, -0.25) is 0 Å². The van der Waals surface area contributed by atoms with E-state index in [2.05, 4.69) is 4.18 Å². The lowest BCUT2D eigenvalue weighted by atomic mass is 10.3. The van der Waals surface area contributed by atoms with Crippen LogP contribution in [0.2, 0.25) is 0 Å². The molecule has 14 heavy (non-hydrogen) atoms. The van der Waals surface area contributed by atoms with Crippen molar-refractivity contribution in [2.24, 2.45) is 0 Å². The summed E-state index contributed by atoms with van der Waals surface area (Å²) in [4.78, 5) is 10.0. The Morgan fingerprint density at radius 1 is 1.36 bits per heavy atom. The average Bonchev–Trinajstić information content (AvgIpc) is 2.08. The van der Waals surface area contributed by atoms with Crippen LogP contribution in [-0.2, 0) is 14.9 Å². The van der Waals surface area contributed by atoms with Crippen molar-refractivity contribution in [3.8, 4) is 5.75 Å². The summed E-state index contributed by atoms with van der Waals surface area (Å²) in [6, 6.07) is 6.15. The largest absolute Gasteiger partial charge is 0.396 e. The molecule has 0 radical (unpaired) electrons. The summed E-state index contributed by atoms with van der Waals surface area (Å²) < 4.78 is 26.7. The molecular formula is C8H9NO4S. The molecule has 1 aromatic rings. The molecule has 0 aliphatic carbocycles. The Hall–Kier alpha value is -1.56. The molecule has 0 aliphatic rings. The van der Waals surface area contributed by atoms with Crippen LogP contribution in [0.1, 0.15) is 0 Å². The van der Waals surface area contributed by atoms with E-state index in [1.165, 1.54) is 12.1 Å². The topological polar surface area (TPSA) is 86.5 Å². The van der Waals surface area contributed by atoms with E-state index in [0.29, 0.717) is 0 Å². The van der Waals surface area contributed by atoms with Gasteiger partial charge in [-0.2, -0.15) is 8.42 Å². The van der Waals surface area contributed by atoms with Crippen LogP contribution in [-0.4, -0.2) is 20.5 Å². The minimum absolute atomic E-state index is 0.0364. The molecule has 0 bridgehead atoms. The quantitative estimate of drug-likeness (QED) is 0.439. The summed E-state index contributed by atoms with van der Waals surface area (Å²) in [6.45, 7) is 0. The summed E-state index contributed by atoms with van der Waals surface area (Å²) in [7, 11) is -3.86. The third-order valence-corrected chi connectivity index (χ3v) is 2.39. The number of carbonyl (C=O) groups is 1. The Kier molecular flexibility index (Phi) is 3.08. The molecule has 2 N–H and O–H groups in total. The highest BCUT2D eigenvalue weighted by molar-refractivity contribution is 7.87. The van der Waals surface area contributed by atoms with Gasteiger partial charge in [-0.1, -0.05) is 12.1 Å². The highest BCUT2D eigenvalue weighted by atomic mass is 32.2. The standard InChI is InChI=1S/C8H9NO4S/c9-7-3-1-2-4-8(7)13-14(11,12)6-5-10/h1-5H,6,9H2. The van der Waals surface area contributed by atoms with Gasteiger partial charge in [-0.05, 0) is 12.1 Å². The number of anilines is 1. The second-order valence-corrected chi connectivity index (χ2v) is 4.13. The normalized spacial score (nSPS) is 10.9. The fourth-order valence-electron chi connectivity index (χ4n) is 0.811. The minimum Gasteiger partial charge on any atom is -0.396 e. The number of carbonyl (C=O) groups excluding carboxylic acids is 1. The maximum absolute atomic E-state index is 11.0. The smallest absolute Gasteiger partial charge is 0.316 e. The number of nitrogens with two attached hydrogens (primary N) is 1. The van der Waals surface area contributed by atoms with Crippen LogP contribution < -0.4 is 9.92 Å². The summed E-state index contributed by atoms with van der Waals surface area (Å²) in [5.74, 6) is -0.643. The predicted octanol–water partition coefficient (Wildman–Crippen LogP) is 0.176. The van der Waals surface area contributed by atoms with Gasteiger partial charge in [0.2, 0.25) is 0 Å². The van der Waals surface area contributed by atoms with Crippen molar-refractivity contribution in [2.45, 2.75) is 0 Å². The van der Waals surface area contributed by atoms with Crippen molar-refractivity contribution in [2.75, 3.05) is 11.5 Å². The number of hydrogen-bond acceptors (Lipinski definition) is 5. The predicted molar refractivity (Wildman–Crippen MR) is 51.3 cm³/mol.